The second kappa shape index (κ2) is 7.39. The molecule has 0 unspecified atom stereocenters. The van der Waals surface area contributed by atoms with E-state index in [0.29, 0.717) is 0 Å². The van der Waals surface area contributed by atoms with Gasteiger partial charge in [-0.3, -0.25) is 25.1 Å². The number of nitrogens with one attached hydrogen (secondary N) is 1. The average molecular weight is 408 g/mol. The average Bonchev–Trinajstić information content (AvgIpc) is 3.28. The number of anilines is 1. The van der Waals surface area contributed by atoms with E-state index in [9.17, 15) is 24.5 Å². The first-order chi connectivity index (χ1) is 14.4. The summed E-state index contributed by atoms with van der Waals surface area (Å²) in [5.74, 6) is -1.85. The van der Waals surface area contributed by atoms with Crippen molar-refractivity contribution >= 4 is 34.9 Å². The molecule has 0 saturated carbocycles. The monoisotopic (exact) mass is 408 g/mol. The van der Waals surface area contributed by atoms with E-state index in [1.54, 1.807) is 12.1 Å². The Balaban J connectivity index is 1.47. The van der Waals surface area contributed by atoms with Gasteiger partial charge >= 0.3 is 5.97 Å². The summed E-state index contributed by atoms with van der Waals surface area (Å²) in [4.78, 5) is 49.2. The minimum atomic E-state index is -1.40. The summed E-state index contributed by atoms with van der Waals surface area (Å²) in [7, 11) is 0. The maximum Gasteiger partial charge on any atom is 0.354 e. The Hall–Kier alpha value is -4.08. The Labute approximate surface area is 170 Å². The van der Waals surface area contributed by atoms with E-state index in [1.165, 1.54) is 18.2 Å². The van der Waals surface area contributed by atoms with Gasteiger partial charge in [0.2, 0.25) is 5.91 Å². The van der Waals surface area contributed by atoms with Crippen LogP contribution in [0.5, 0.6) is 0 Å². The number of non-ortho nitro benzene ring substituents is 1. The molecular formula is C20H16N4O6. The second-order valence-electron chi connectivity index (χ2n) is 6.98. The van der Waals surface area contributed by atoms with Crippen molar-refractivity contribution in [3.05, 3.63) is 70.3 Å². The maximum absolute atomic E-state index is 13.0. The van der Waals surface area contributed by atoms with Crippen molar-refractivity contribution in [2.75, 3.05) is 4.90 Å². The van der Waals surface area contributed by atoms with Gasteiger partial charge in [-0.15, -0.1) is 0 Å². The maximum atomic E-state index is 13.0. The predicted octanol–water partition coefficient (Wildman–Crippen LogP) is 1.69. The van der Waals surface area contributed by atoms with Gasteiger partial charge in [0.1, 0.15) is 17.9 Å². The van der Waals surface area contributed by atoms with E-state index < -0.39 is 28.2 Å². The smallest absolute Gasteiger partial charge is 0.354 e. The van der Waals surface area contributed by atoms with Crippen LogP contribution < -0.4 is 10.3 Å². The standard InChI is InChI=1S/C20H16N4O6/c25-17-11-20(19(27)23(17)14-7-4-8-15(9-14)24(28)29)10-16(21-22-20)18(26)30-12-13-5-2-1-3-6-13/h1-9,22H,10-12H2/t20-/m1/s1. The molecular weight excluding hydrogens is 392 g/mol. The molecule has 0 radical (unpaired) electrons. The number of imide groups is 1. The summed E-state index contributed by atoms with van der Waals surface area (Å²) < 4.78 is 5.24. The molecule has 10 heteroatoms. The summed E-state index contributed by atoms with van der Waals surface area (Å²) in [6.45, 7) is 0.0539. The van der Waals surface area contributed by atoms with Crippen LogP contribution in [0.25, 0.3) is 0 Å². The van der Waals surface area contributed by atoms with Crippen molar-refractivity contribution in [2.24, 2.45) is 5.10 Å². The van der Waals surface area contributed by atoms with Crippen LogP contribution in [0.15, 0.2) is 59.7 Å². The third-order valence-electron chi connectivity index (χ3n) is 4.94. The molecule has 2 amide bonds. The van der Waals surface area contributed by atoms with E-state index in [2.05, 4.69) is 10.5 Å². The topological polar surface area (TPSA) is 131 Å². The Kier molecular flexibility index (Phi) is 4.74. The zero-order valence-electron chi connectivity index (χ0n) is 15.6. The first-order valence-electron chi connectivity index (χ1n) is 9.06. The summed E-state index contributed by atoms with van der Waals surface area (Å²) >= 11 is 0. The number of amides is 2. The molecule has 2 aliphatic rings. The molecule has 0 bridgehead atoms. The van der Waals surface area contributed by atoms with Crippen LogP contribution in [-0.4, -0.2) is 34.0 Å². The first-order valence-corrected chi connectivity index (χ1v) is 9.06. The Morgan fingerprint density at radius 1 is 1.17 bits per heavy atom. The first kappa shape index (κ1) is 19.2. The van der Waals surface area contributed by atoms with Gasteiger partial charge in [-0.1, -0.05) is 36.4 Å². The van der Waals surface area contributed by atoms with Crippen molar-refractivity contribution in [3.63, 3.8) is 0 Å². The molecule has 1 N–H and O–H groups in total. The van der Waals surface area contributed by atoms with Gasteiger partial charge in [0.05, 0.1) is 17.0 Å². The highest BCUT2D eigenvalue weighted by Gasteiger charge is 2.56. The number of nitrogens with zero attached hydrogens (tertiary/aromatic N) is 3. The van der Waals surface area contributed by atoms with Gasteiger partial charge in [0.15, 0.2) is 0 Å². The molecule has 30 heavy (non-hydrogen) atoms. The molecule has 1 saturated heterocycles. The van der Waals surface area contributed by atoms with Crippen molar-refractivity contribution in [1.82, 2.24) is 5.43 Å². The van der Waals surface area contributed by atoms with Gasteiger partial charge in [0, 0.05) is 18.6 Å². The Bertz CT molecular complexity index is 1080. The fourth-order valence-corrected chi connectivity index (χ4v) is 3.44. The van der Waals surface area contributed by atoms with Crippen LogP contribution in [0.4, 0.5) is 11.4 Å². The number of ether oxygens (including phenoxy) is 1. The number of nitro benzene ring substituents is 1. The number of hydrogen-bond acceptors (Lipinski definition) is 8. The molecule has 1 fully saturated rings. The molecule has 1 atom stereocenters. The molecule has 10 nitrogen and oxygen atoms in total. The van der Waals surface area contributed by atoms with Crippen molar-refractivity contribution in [3.8, 4) is 0 Å². The predicted molar refractivity (Wildman–Crippen MR) is 104 cm³/mol. The minimum Gasteiger partial charge on any atom is -0.456 e. The molecule has 152 valence electrons. The van der Waals surface area contributed by atoms with Crippen LogP contribution in [0.3, 0.4) is 0 Å². The minimum absolute atomic E-state index is 0.00738. The Morgan fingerprint density at radius 2 is 1.93 bits per heavy atom. The van der Waals surface area contributed by atoms with Crippen molar-refractivity contribution in [2.45, 2.75) is 25.0 Å². The highest BCUT2D eigenvalue weighted by molar-refractivity contribution is 6.39. The fourth-order valence-electron chi connectivity index (χ4n) is 3.44. The van der Waals surface area contributed by atoms with Crippen molar-refractivity contribution in [1.29, 1.82) is 0 Å². The summed E-state index contributed by atoms with van der Waals surface area (Å²) in [6, 6.07) is 14.3. The van der Waals surface area contributed by atoms with Gasteiger partial charge in [-0.25, -0.2) is 9.69 Å². The number of hydrogen-bond donors (Lipinski definition) is 1. The van der Waals surface area contributed by atoms with Crippen LogP contribution in [0.2, 0.25) is 0 Å². The third kappa shape index (κ3) is 3.39. The van der Waals surface area contributed by atoms with E-state index in [1.807, 2.05) is 18.2 Å². The molecule has 4 rings (SSSR count). The van der Waals surface area contributed by atoms with Gasteiger partial charge in [-0.05, 0) is 11.6 Å². The zero-order chi connectivity index (χ0) is 21.3. The number of hydrazone groups is 1. The summed E-state index contributed by atoms with van der Waals surface area (Å²) in [5, 5.41) is 14.9. The van der Waals surface area contributed by atoms with Gasteiger partial charge in [-0.2, -0.15) is 5.10 Å². The molecule has 2 aromatic rings. The molecule has 0 aliphatic carbocycles. The van der Waals surface area contributed by atoms with Gasteiger partial charge in [0.25, 0.3) is 11.6 Å². The Morgan fingerprint density at radius 3 is 2.67 bits per heavy atom. The number of carbonyl (C=O) groups excluding carboxylic acids is 3. The van der Waals surface area contributed by atoms with E-state index in [0.717, 1.165) is 16.5 Å². The summed E-state index contributed by atoms with van der Waals surface area (Å²) in [5.41, 5.74) is 1.88. The van der Waals surface area contributed by atoms with E-state index in [-0.39, 0.29) is 36.5 Å². The number of rotatable bonds is 5. The molecule has 0 aromatic heterocycles. The van der Waals surface area contributed by atoms with E-state index in [4.69, 9.17) is 4.74 Å². The lowest BCUT2D eigenvalue weighted by molar-refractivity contribution is -0.384. The van der Waals surface area contributed by atoms with Gasteiger partial charge < -0.3 is 4.74 Å². The molecule has 1 spiro atoms. The highest BCUT2D eigenvalue weighted by Crippen LogP contribution is 2.35. The number of esters is 1. The largest absolute Gasteiger partial charge is 0.456 e. The molecule has 2 aromatic carbocycles. The number of nitro groups is 1. The zero-order valence-corrected chi connectivity index (χ0v) is 15.6. The lowest BCUT2D eigenvalue weighted by Crippen LogP contribution is -2.47. The van der Waals surface area contributed by atoms with Crippen molar-refractivity contribution < 1.29 is 24.0 Å². The van der Waals surface area contributed by atoms with Crippen LogP contribution in [0.1, 0.15) is 18.4 Å². The SMILES string of the molecule is O=C(OCc1ccccc1)C1=NN[C@@]2(CC(=O)N(c3cccc([N+](=O)[O-])c3)C2=O)C1. The second-order valence-corrected chi connectivity index (χ2v) is 6.98. The lowest BCUT2D eigenvalue weighted by Gasteiger charge is -2.21. The fraction of sp³-hybridized carbons (Fsp3) is 0.200. The summed E-state index contributed by atoms with van der Waals surface area (Å²) in [6.07, 6.45) is -0.343. The van der Waals surface area contributed by atoms with E-state index >= 15 is 0 Å². The molecule has 2 heterocycles. The third-order valence-corrected chi connectivity index (χ3v) is 4.94. The van der Waals surface area contributed by atoms with Crippen LogP contribution in [-0.2, 0) is 25.7 Å². The highest BCUT2D eigenvalue weighted by atomic mass is 16.6. The lowest BCUT2D eigenvalue weighted by atomic mass is 9.93. The van der Waals surface area contributed by atoms with Crippen LogP contribution >= 0.6 is 0 Å². The normalized spacial score (nSPS) is 20.3. The number of benzene rings is 2. The van der Waals surface area contributed by atoms with Crippen LogP contribution in [0, 0.1) is 10.1 Å². The molecule has 2 aliphatic heterocycles. The quantitative estimate of drug-likeness (QED) is 0.345. The number of carbonyl (C=O) groups is 3.